The fourth-order valence-corrected chi connectivity index (χ4v) is 1.57. The summed E-state index contributed by atoms with van der Waals surface area (Å²) in [7, 11) is 0. The first kappa shape index (κ1) is 18.0. The molecule has 1 atom stereocenters. The molecule has 0 saturated carbocycles. The molecule has 0 aliphatic rings. The van der Waals surface area contributed by atoms with Crippen molar-refractivity contribution in [2.75, 3.05) is 6.61 Å². The zero-order valence-corrected chi connectivity index (χ0v) is 13.3. The predicted molar refractivity (Wildman–Crippen MR) is 80.4 cm³/mol. The summed E-state index contributed by atoms with van der Waals surface area (Å²) in [5.41, 5.74) is -1.50. The molecule has 6 nitrogen and oxygen atoms in total. The topological polar surface area (TPSA) is 91.2 Å². The minimum Gasteiger partial charge on any atom is -0.595 e. The number of benzene rings is 1. The van der Waals surface area contributed by atoms with E-state index in [1.807, 2.05) is 30.3 Å². The molecule has 0 aliphatic carbocycles. The second kappa shape index (κ2) is 7.26. The molecule has 122 valence electrons. The van der Waals surface area contributed by atoms with Crippen LogP contribution in [0.5, 0.6) is 0 Å². The fraction of sp³-hybridized carbons (Fsp3) is 0.500. The highest BCUT2D eigenvalue weighted by molar-refractivity contribution is 5.81. The van der Waals surface area contributed by atoms with E-state index in [4.69, 9.17) is 9.47 Å². The van der Waals surface area contributed by atoms with E-state index in [0.29, 0.717) is 0 Å². The van der Waals surface area contributed by atoms with Gasteiger partial charge in [-0.1, -0.05) is 51.1 Å². The zero-order valence-electron chi connectivity index (χ0n) is 13.3. The van der Waals surface area contributed by atoms with Crippen LogP contribution in [-0.4, -0.2) is 34.9 Å². The molecule has 0 saturated heterocycles. The van der Waals surface area contributed by atoms with Crippen LogP contribution in [0, 0.1) is 0 Å². The molecule has 1 rings (SSSR count). The Bertz CT molecular complexity index is 521. The van der Waals surface area contributed by atoms with Crippen molar-refractivity contribution in [2.24, 2.45) is 4.99 Å². The van der Waals surface area contributed by atoms with E-state index in [9.17, 15) is 15.0 Å². The molecule has 0 radical (unpaired) electrons. The van der Waals surface area contributed by atoms with Crippen LogP contribution in [0.1, 0.15) is 33.3 Å². The second-order valence-corrected chi connectivity index (χ2v) is 6.15. The minimum atomic E-state index is -1.68. The predicted octanol–water partition coefficient (Wildman–Crippen LogP) is 1.58. The van der Waals surface area contributed by atoms with Crippen LogP contribution in [0.15, 0.2) is 35.3 Å². The van der Waals surface area contributed by atoms with E-state index >= 15 is 0 Å². The summed E-state index contributed by atoms with van der Waals surface area (Å²) in [4.78, 5) is 15.0. The summed E-state index contributed by atoms with van der Waals surface area (Å²) in [6, 6.07) is 9.33. The number of hydrogen-bond donors (Lipinski definition) is 1. The number of carbonyl (C=O) groups is 1. The maximum atomic E-state index is 11.7. The molecule has 1 aromatic rings. The van der Waals surface area contributed by atoms with E-state index in [-0.39, 0.29) is 13.2 Å². The van der Waals surface area contributed by atoms with Crippen LogP contribution in [0.2, 0.25) is 0 Å². The van der Waals surface area contributed by atoms with Crippen molar-refractivity contribution in [3.63, 3.8) is 0 Å². The molecule has 0 aromatic heterocycles. The lowest BCUT2D eigenvalue weighted by atomic mass is 10.1. The van der Waals surface area contributed by atoms with E-state index in [0.717, 1.165) is 5.56 Å². The standard InChI is InChI=1S/C16H23NO5/c1-15(2,3)22-14(20)17-16(4,13(18)19)11-21-10-12-8-6-5-7-9-12/h5-9H,10-11H2,1-4H3,(H,17,20)(H,18,19)/p-1. The Morgan fingerprint density at radius 2 is 1.82 bits per heavy atom. The van der Waals surface area contributed by atoms with Gasteiger partial charge in [-0.15, -0.1) is 0 Å². The molecule has 0 spiro atoms. The Labute approximate surface area is 130 Å². The van der Waals surface area contributed by atoms with Gasteiger partial charge < -0.3 is 19.7 Å². The molecular weight excluding hydrogens is 286 g/mol. The fourth-order valence-electron chi connectivity index (χ4n) is 1.57. The first-order valence-electron chi connectivity index (χ1n) is 6.93. The van der Waals surface area contributed by atoms with E-state index in [1.54, 1.807) is 20.8 Å². The van der Waals surface area contributed by atoms with Gasteiger partial charge >= 0.3 is 5.97 Å². The summed E-state index contributed by atoms with van der Waals surface area (Å²) in [5, 5.41) is 21.0. The van der Waals surface area contributed by atoms with Gasteiger partial charge in [0.1, 0.15) is 6.08 Å². The molecule has 0 heterocycles. The lowest BCUT2D eigenvalue weighted by Gasteiger charge is -2.31. The zero-order chi connectivity index (χ0) is 16.8. The molecule has 1 aromatic carbocycles. The average molecular weight is 308 g/mol. The number of rotatable bonds is 6. The molecule has 6 heteroatoms. The van der Waals surface area contributed by atoms with Crippen molar-refractivity contribution in [3.8, 4) is 0 Å². The van der Waals surface area contributed by atoms with Gasteiger partial charge in [0.2, 0.25) is 0 Å². The van der Waals surface area contributed by atoms with Crippen molar-refractivity contribution >= 4 is 12.1 Å². The molecule has 0 aliphatic heterocycles. The molecule has 1 unspecified atom stereocenters. The van der Waals surface area contributed by atoms with Crippen molar-refractivity contribution in [1.82, 2.24) is 0 Å². The van der Waals surface area contributed by atoms with Gasteiger partial charge in [-0.05, 0) is 12.5 Å². The molecule has 0 amide bonds. The third kappa shape index (κ3) is 6.13. The normalized spacial score (nSPS) is 15.2. The highest BCUT2D eigenvalue weighted by atomic mass is 16.6. The lowest BCUT2D eigenvalue weighted by molar-refractivity contribution is -0.261. The van der Waals surface area contributed by atoms with E-state index in [2.05, 4.69) is 4.99 Å². The van der Waals surface area contributed by atoms with Gasteiger partial charge in [0, 0.05) is 5.60 Å². The highest BCUT2D eigenvalue weighted by Gasteiger charge is 2.33. The number of aliphatic imine (C=N–C) groups is 1. The third-order valence-corrected chi connectivity index (χ3v) is 2.69. The van der Waals surface area contributed by atoms with Crippen LogP contribution in [-0.2, 0) is 20.9 Å². The van der Waals surface area contributed by atoms with Crippen molar-refractivity contribution in [1.29, 1.82) is 0 Å². The largest absolute Gasteiger partial charge is 0.595 e. The molecular formula is C16H22NO5-. The molecule has 22 heavy (non-hydrogen) atoms. The Hall–Kier alpha value is -2.08. The Balaban J connectivity index is 2.70. The van der Waals surface area contributed by atoms with Gasteiger partial charge in [0.25, 0.3) is 0 Å². The quantitative estimate of drug-likeness (QED) is 0.636. The van der Waals surface area contributed by atoms with Crippen LogP contribution in [0.3, 0.4) is 0 Å². The smallest absolute Gasteiger partial charge is 0.333 e. The Morgan fingerprint density at radius 1 is 1.23 bits per heavy atom. The van der Waals surface area contributed by atoms with Gasteiger partial charge in [0.15, 0.2) is 5.54 Å². The number of carboxylic acid groups (broad SMARTS) is 1. The number of aliphatic carboxylic acids is 1. The summed E-state index contributed by atoms with van der Waals surface area (Å²) in [6.07, 6.45) is -0.916. The van der Waals surface area contributed by atoms with Gasteiger partial charge in [-0.2, -0.15) is 0 Å². The van der Waals surface area contributed by atoms with E-state index in [1.165, 1.54) is 6.92 Å². The number of carboxylic acids is 1. The maximum Gasteiger partial charge on any atom is 0.333 e. The highest BCUT2D eigenvalue weighted by Crippen LogP contribution is 2.15. The Morgan fingerprint density at radius 3 is 2.32 bits per heavy atom. The van der Waals surface area contributed by atoms with Gasteiger partial charge in [-0.3, -0.25) is 0 Å². The SMILES string of the molecule is CC(C)(C)OC([O-])=NC(C)(COCc1ccccc1)C(=O)O. The van der Waals surface area contributed by atoms with Crippen LogP contribution in [0.25, 0.3) is 0 Å². The summed E-state index contributed by atoms with van der Waals surface area (Å²) < 4.78 is 10.4. The van der Waals surface area contributed by atoms with Crippen molar-refractivity contribution in [2.45, 2.75) is 45.4 Å². The van der Waals surface area contributed by atoms with Crippen LogP contribution in [0.4, 0.5) is 0 Å². The number of nitrogens with zero attached hydrogens (tertiary/aromatic N) is 1. The number of hydrogen-bond acceptors (Lipinski definition) is 5. The van der Waals surface area contributed by atoms with E-state index < -0.39 is 23.2 Å². The molecule has 1 N–H and O–H groups in total. The summed E-state index contributed by atoms with van der Waals surface area (Å²) >= 11 is 0. The Kier molecular flexibility index (Phi) is 5.93. The monoisotopic (exact) mass is 308 g/mol. The average Bonchev–Trinajstić information content (AvgIpc) is 2.37. The third-order valence-electron chi connectivity index (χ3n) is 2.69. The first-order chi connectivity index (χ1) is 10.1. The minimum absolute atomic E-state index is 0.226. The molecule has 0 fully saturated rings. The van der Waals surface area contributed by atoms with Crippen molar-refractivity contribution in [3.05, 3.63) is 35.9 Å². The first-order valence-corrected chi connectivity index (χ1v) is 6.93. The van der Waals surface area contributed by atoms with Crippen LogP contribution >= 0.6 is 0 Å². The lowest BCUT2D eigenvalue weighted by Crippen LogP contribution is -2.42. The van der Waals surface area contributed by atoms with Gasteiger partial charge in [0.05, 0.1) is 13.2 Å². The summed E-state index contributed by atoms with van der Waals surface area (Å²) in [6.45, 7) is 6.40. The maximum absolute atomic E-state index is 11.7. The van der Waals surface area contributed by atoms with Crippen LogP contribution < -0.4 is 5.11 Å². The number of ether oxygens (including phenoxy) is 2. The van der Waals surface area contributed by atoms with Gasteiger partial charge in [-0.25, -0.2) is 9.79 Å². The second-order valence-electron chi connectivity index (χ2n) is 6.15. The summed E-state index contributed by atoms with van der Waals surface area (Å²) in [5.74, 6) is -1.24. The van der Waals surface area contributed by atoms with Crippen molar-refractivity contribution < 1.29 is 24.5 Å². The molecule has 0 bridgehead atoms.